The van der Waals surface area contributed by atoms with Crippen molar-refractivity contribution in [3.05, 3.63) is 109 Å². The fourth-order valence-corrected chi connectivity index (χ4v) is 4.18. The summed E-state index contributed by atoms with van der Waals surface area (Å²) >= 11 is 0. The number of aromatic nitrogens is 6. The van der Waals surface area contributed by atoms with Crippen LogP contribution < -0.4 is 0 Å². The van der Waals surface area contributed by atoms with Crippen molar-refractivity contribution in [2.45, 2.75) is 13.1 Å². The third-order valence-corrected chi connectivity index (χ3v) is 5.66. The van der Waals surface area contributed by atoms with Crippen LogP contribution in [0.25, 0.3) is 33.6 Å². The van der Waals surface area contributed by atoms with Gasteiger partial charge in [0, 0.05) is 18.9 Å². The SMILES string of the molecule is c1ccc(Cn2c(Cn3c(-c4cnccn4)nc4ccccc43)nc3ccccc32)cc1. The van der Waals surface area contributed by atoms with E-state index in [1.807, 2.05) is 30.3 Å². The maximum absolute atomic E-state index is 5.00. The normalized spacial score (nSPS) is 11.4. The molecule has 0 fully saturated rings. The van der Waals surface area contributed by atoms with Gasteiger partial charge in [0.25, 0.3) is 0 Å². The van der Waals surface area contributed by atoms with Crippen LogP contribution in [0.4, 0.5) is 0 Å². The molecule has 3 aromatic heterocycles. The van der Waals surface area contributed by atoms with Gasteiger partial charge in [0.15, 0.2) is 5.82 Å². The number of rotatable bonds is 5. The minimum Gasteiger partial charge on any atom is -0.322 e. The second-order valence-corrected chi connectivity index (χ2v) is 7.69. The van der Waals surface area contributed by atoms with Gasteiger partial charge in [0.2, 0.25) is 0 Å². The molecule has 6 heteroatoms. The number of imidazole rings is 2. The topological polar surface area (TPSA) is 61.4 Å². The molecule has 0 atom stereocenters. The number of nitrogens with zero attached hydrogens (tertiary/aromatic N) is 6. The predicted molar refractivity (Wildman–Crippen MR) is 125 cm³/mol. The number of hydrogen-bond donors (Lipinski definition) is 0. The van der Waals surface area contributed by atoms with Crippen LogP contribution in [0.1, 0.15) is 11.4 Å². The molecule has 0 aliphatic carbocycles. The van der Waals surface area contributed by atoms with Crippen molar-refractivity contribution in [2.24, 2.45) is 0 Å². The third-order valence-electron chi connectivity index (χ3n) is 5.66. The van der Waals surface area contributed by atoms with E-state index in [1.165, 1.54) is 5.56 Å². The first kappa shape index (κ1) is 18.4. The molecule has 0 saturated heterocycles. The molecule has 0 aliphatic rings. The Morgan fingerprint density at radius 2 is 1.31 bits per heavy atom. The van der Waals surface area contributed by atoms with Crippen LogP contribution in [0.2, 0.25) is 0 Å². The summed E-state index contributed by atoms with van der Waals surface area (Å²) in [6.45, 7) is 1.33. The molecule has 0 aliphatic heterocycles. The molecule has 154 valence electrons. The van der Waals surface area contributed by atoms with Gasteiger partial charge in [-0.2, -0.15) is 0 Å². The zero-order valence-corrected chi connectivity index (χ0v) is 17.3. The molecular formula is C26H20N6. The fraction of sp³-hybridized carbons (Fsp3) is 0.0769. The highest BCUT2D eigenvalue weighted by Gasteiger charge is 2.18. The van der Waals surface area contributed by atoms with Crippen LogP contribution in [0.15, 0.2) is 97.5 Å². The molecule has 0 saturated carbocycles. The molecule has 0 spiro atoms. The summed E-state index contributed by atoms with van der Waals surface area (Å²) in [4.78, 5) is 18.6. The van der Waals surface area contributed by atoms with Crippen molar-refractivity contribution in [2.75, 3.05) is 0 Å². The van der Waals surface area contributed by atoms with Crippen molar-refractivity contribution in [1.29, 1.82) is 0 Å². The van der Waals surface area contributed by atoms with Crippen molar-refractivity contribution < 1.29 is 0 Å². The first-order chi connectivity index (χ1) is 15.9. The van der Waals surface area contributed by atoms with Crippen molar-refractivity contribution in [3.63, 3.8) is 0 Å². The molecule has 6 aromatic rings. The van der Waals surface area contributed by atoms with Crippen LogP contribution in [0.3, 0.4) is 0 Å². The summed E-state index contributed by atoms with van der Waals surface area (Å²) < 4.78 is 4.47. The third kappa shape index (κ3) is 3.22. The largest absolute Gasteiger partial charge is 0.322 e. The second kappa shape index (κ2) is 7.74. The zero-order chi connectivity index (χ0) is 21.3. The Kier molecular flexibility index (Phi) is 4.46. The Labute approximate surface area is 184 Å². The molecule has 6 nitrogen and oxygen atoms in total. The van der Waals surface area contributed by atoms with Crippen LogP contribution in [0.5, 0.6) is 0 Å². The average Bonchev–Trinajstić information content (AvgIpc) is 3.39. The maximum atomic E-state index is 5.00. The van der Waals surface area contributed by atoms with Gasteiger partial charge in [-0.1, -0.05) is 54.6 Å². The van der Waals surface area contributed by atoms with Gasteiger partial charge in [-0.3, -0.25) is 4.98 Å². The number of benzene rings is 3. The van der Waals surface area contributed by atoms with Gasteiger partial charge in [-0.05, 0) is 29.8 Å². The lowest BCUT2D eigenvalue weighted by molar-refractivity contribution is 0.691. The van der Waals surface area contributed by atoms with E-state index in [2.05, 4.69) is 67.6 Å². The van der Waals surface area contributed by atoms with E-state index in [0.29, 0.717) is 6.54 Å². The molecule has 0 radical (unpaired) electrons. The molecule has 6 rings (SSSR count). The molecule has 0 amide bonds. The highest BCUT2D eigenvalue weighted by atomic mass is 15.2. The smallest absolute Gasteiger partial charge is 0.161 e. The molecule has 0 bridgehead atoms. The molecule has 0 unspecified atom stereocenters. The monoisotopic (exact) mass is 416 g/mol. The van der Waals surface area contributed by atoms with Gasteiger partial charge in [0.05, 0.1) is 34.8 Å². The van der Waals surface area contributed by atoms with Gasteiger partial charge in [0.1, 0.15) is 11.5 Å². The van der Waals surface area contributed by atoms with Crippen LogP contribution >= 0.6 is 0 Å². The van der Waals surface area contributed by atoms with E-state index in [1.54, 1.807) is 18.6 Å². The Balaban J connectivity index is 1.52. The summed E-state index contributed by atoms with van der Waals surface area (Å²) in [5, 5.41) is 0. The first-order valence-electron chi connectivity index (χ1n) is 10.6. The summed E-state index contributed by atoms with van der Waals surface area (Å²) in [6.07, 6.45) is 5.13. The highest BCUT2D eigenvalue weighted by Crippen LogP contribution is 2.26. The fourth-order valence-electron chi connectivity index (χ4n) is 4.18. The van der Waals surface area contributed by atoms with E-state index in [-0.39, 0.29) is 0 Å². The van der Waals surface area contributed by atoms with Gasteiger partial charge < -0.3 is 9.13 Å². The number of hydrogen-bond acceptors (Lipinski definition) is 4. The lowest BCUT2D eigenvalue weighted by Crippen LogP contribution is -2.11. The highest BCUT2D eigenvalue weighted by molar-refractivity contribution is 5.80. The minimum absolute atomic E-state index is 0.577. The average molecular weight is 416 g/mol. The number of para-hydroxylation sites is 4. The van der Waals surface area contributed by atoms with Crippen molar-refractivity contribution in [1.82, 2.24) is 29.1 Å². The summed E-state index contributed by atoms with van der Waals surface area (Å²) in [5.74, 6) is 1.76. The van der Waals surface area contributed by atoms with E-state index in [0.717, 1.165) is 46.0 Å². The van der Waals surface area contributed by atoms with Crippen LogP contribution in [0, 0.1) is 0 Å². The quantitative estimate of drug-likeness (QED) is 0.399. The van der Waals surface area contributed by atoms with Gasteiger partial charge >= 0.3 is 0 Å². The summed E-state index contributed by atoms with van der Waals surface area (Å²) in [7, 11) is 0. The maximum Gasteiger partial charge on any atom is 0.161 e. The zero-order valence-electron chi connectivity index (χ0n) is 17.3. The first-order valence-corrected chi connectivity index (χ1v) is 10.6. The van der Waals surface area contributed by atoms with E-state index < -0.39 is 0 Å². The van der Waals surface area contributed by atoms with Gasteiger partial charge in [-0.15, -0.1) is 0 Å². The molecular weight excluding hydrogens is 396 g/mol. The Morgan fingerprint density at radius 3 is 2.06 bits per heavy atom. The number of fused-ring (bicyclic) bond motifs is 2. The molecule has 3 aromatic carbocycles. The van der Waals surface area contributed by atoms with Crippen LogP contribution in [-0.2, 0) is 13.1 Å². The standard InChI is InChI=1S/C26H20N6/c1-2-8-19(9-3-1)17-31-23-12-6-4-10-20(23)29-25(31)18-32-24-13-7-5-11-21(24)30-26(32)22-16-27-14-15-28-22/h1-16H,17-18H2. The van der Waals surface area contributed by atoms with Crippen molar-refractivity contribution >= 4 is 22.1 Å². The lowest BCUT2D eigenvalue weighted by atomic mass is 10.2. The van der Waals surface area contributed by atoms with Crippen molar-refractivity contribution in [3.8, 4) is 11.5 Å². The van der Waals surface area contributed by atoms with Crippen LogP contribution in [-0.4, -0.2) is 29.1 Å². The predicted octanol–water partition coefficient (Wildman–Crippen LogP) is 4.94. The molecule has 32 heavy (non-hydrogen) atoms. The second-order valence-electron chi connectivity index (χ2n) is 7.69. The molecule has 0 N–H and O–H groups in total. The van der Waals surface area contributed by atoms with Gasteiger partial charge in [-0.25, -0.2) is 15.0 Å². The lowest BCUT2D eigenvalue weighted by Gasteiger charge is -2.12. The Morgan fingerprint density at radius 1 is 0.625 bits per heavy atom. The van der Waals surface area contributed by atoms with E-state index >= 15 is 0 Å². The minimum atomic E-state index is 0.577. The summed E-state index contributed by atoms with van der Waals surface area (Å²) in [6, 6.07) is 26.9. The molecule has 3 heterocycles. The van der Waals surface area contributed by atoms with E-state index in [4.69, 9.17) is 9.97 Å². The Bertz CT molecular complexity index is 1520. The Hall–Kier alpha value is -4.32. The van der Waals surface area contributed by atoms with E-state index in [9.17, 15) is 0 Å². The summed E-state index contributed by atoms with van der Waals surface area (Å²) in [5.41, 5.74) is 6.07.